The number of aromatic amines is 1. The Morgan fingerprint density at radius 3 is 2.50 bits per heavy atom. The predicted molar refractivity (Wildman–Crippen MR) is 106 cm³/mol. The van der Waals surface area contributed by atoms with Crippen LogP contribution in [0.15, 0.2) is 66.7 Å². The van der Waals surface area contributed by atoms with E-state index < -0.39 is 5.91 Å². The van der Waals surface area contributed by atoms with Gasteiger partial charge in [-0.3, -0.25) is 19.6 Å². The highest BCUT2D eigenvalue weighted by Gasteiger charge is 2.14. The second-order valence-corrected chi connectivity index (χ2v) is 6.24. The van der Waals surface area contributed by atoms with Crippen LogP contribution < -0.4 is 10.6 Å². The number of nitrogens with two attached hydrogens (primary N) is 1. The number of rotatable bonds is 5. The highest BCUT2D eigenvalue weighted by molar-refractivity contribution is 6.01. The molecule has 0 fully saturated rings. The number of benzene rings is 3. The van der Waals surface area contributed by atoms with Gasteiger partial charge in [0.1, 0.15) is 5.75 Å². The van der Waals surface area contributed by atoms with Crippen LogP contribution in [0.1, 0.15) is 10.4 Å². The average molecular weight is 372 g/mol. The molecule has 0 spiro atoms. The summed E-state index contributed by atoms with van der Waals surface area (Å²) in [6, 6.07) is 18.8. The Morgan fingerprint density at radius 1 is 1.04 bits per heavy atom. The predicted octanol–water partition coefficient (Wildman–Crippen LogP) is 3.33. The standard InChI is InChI=1S/C21H16N4O3/c22-21(28)14-7-8-19-18(10-14)20(24-23-19)13-3-1-4-15(9-13)25(12-26)16-5-2-6-17(27)11-16/h1-12,27H,(H2,22,28)(H,23,24). The molecule has 0 saturated carbocycles. The first-order valence-electron chi connectivity index (χ1n) is 8.49. The molecule has 0 atom stereocenters. The van der Waals surface area contributed by atoms with Gasteiger partial charge in [-0.2, -0.15) is 5.10 Å². The number of aromatic hydroxyl groups is 1. The molecule has 138 valence electrons. The van der Waals surface area contributed by atoms with E-state index in [1.165, 1.54) is 17.0 Å². The zero-order valence-electron chi connectivity index (χ0n) is 14.7. The third-order valence-corrected chi connectivity index (χ3v) is 4.46. The molecule has 4 aromatic rings. The van der Waals surface area contributed by atoms with Gasteiger partial charge in [0.05, 0.1) is 16.9 Å². The van der Waals surface area contributed by atoms with E-state index in [0.717, 1.165) is 16.5 Å². The van der Waals surface area contributed by atoms with Crippen molar-refractivity contribution in [2.24, 2.45) is 5.73 Å². The van der Waals surface area contributed by atoms with Gasteiger partial charge in [-0.1, -0.05) is 18.2 Å². The number of hydrogen-bond donors (Lipinski definition) is 3. The number of nitrogens with zero attached hydrogens (tertiary/aromatic N) is 2. The number of H-pyrrole nitrogens is 1. The van der Waals surface area contributed by atoms with Crippen molar-refractivity contribution in [2.45, 2.75) is 0 Å². The van der Waals surface area contributed by atoms with Crippen LogP contribution in [-0.2, 0) is 4.79 Å². The highest BCUT2D eigenvalue weighted by Crippen LogP contribution is 2.32. The van der Waals surface area contributed by atoms with Gasteiger partial charge in [-0.15, -0.1) is 0 Å². The summed E-state index contributed by atoms with van der Waals surface area (Å²) in [5.41, 5.74) is 9.09. The van der Waals surface area contributed by atoms with Crippen LogP contribution in [-0.4, -0.2) is 27.6 Å². The summed E-state index contributed by atoms with van der Waals surface area (Å²) in [5.74, 6) is -0.448. The molecule has 0 radical (unpaired) electrons. The van der Waals surface area contributed by atoms with Gasteiger partial charge < -0.3 is 10.8 Å². The monoisotopic (exact) mass is 372 g/mol. The van der Waals surface area contributed by atoms with Crippen molar-refractivity contribution in [3.8, 4) is 17.0 Å². The molecular weight excluding hydrogens is 356 g/mol. The number of carbonyl (C=O) groups is 2. The molecule has 2 amide bonds. The van der Waals surface area contributed by atoms with E-state index in [-0.39, 0.29) is 5.75 Å². The molecule has 0 saturated heterocycles. The van der Waals surface area contributed by atoms with Crippen molar-refractivity contribution in [1.82, 2.24) is 10.2 Å². The van der Waals surface area contributed by atoms with E-state index in [1.807, 2.05) is 18.2 Å². The number of primary amides is 1. The minimum Gasteiger partial charge on any atom is -0.508 e. The molecule has 3 aromatic carbocycles. The summed E-state index contributed by atoms with van der Waals surface area (Å²) in [4.78, 5) is 24.6. The van der Waals surface area contributed by atoms with Crippen molar-refractivity contribution >= 4 is 34.6 Å². The molecule has 0 bridgehead atoms. The van der Waals surface area contributed by atoms with E-state index in [9.17, 15) is 14.7 Å². The van der Waals surface area contributed by atoms with Crippen LogP contribution in [0.3, 0.4) is 0 Å². The Labute approximate surface area is 160 Å². The Bertz CT molecular complexity index is 1200. The number of nitrogens with one attached hydrogen (secondary N) is 1. The minimum atomic E-state index is -0.515. The molecule has 0 unspecified atom stereocenters. The summed E-state index contributed by atoms with van der Waals surface area (Å²) < 4.78 is 0. The molecule has 4 rings (SSSR count). The van der Waals surface area contributed by atoms with Gasteiger partial charge in [-0.05, 0) is 42.5 Å². The van der Waals surface area contributed by atoms with Crippen LogP contribution in [0.2, 0.25) is 0 Å². The maximum Gasteiger partial charge on any atom is 0.248 e. The maximum absolute atomic E-state index is 11.7. The zero-order chi connectivity index (χ0) is 19.7. The molecule has 0 aliphatic heterocycles. The molecule has 7 nitrogen and oxygen atoms in total. The fraction of sp³-hybridized carbons (Fsp3) is 0. The number of phenolic OH excluding ortho intramolecular Hbond substituents is 1. The first-order chi connectivity index (χ1) is 13.6. The lowest BCUT2D eigenvalue weighted by Gasteiger charge is -2.18. The summed E-state index contributed by atoms with van der Waals surface area (Å²) in [5, 5.41) is 17.7. The van der Waals surface area contributed by atoms with Gasteiger partial charge in [0.2, 0.25) is 12.3 Å². The third-order valence-electron chi connectivity index (χ3n) is 4.46. The molecule has 1 heterocycles. The smallest absolute Gasteiger partial charge is 0.248 e. The van der Waals surface area contributed by atoms with Crippen LogP contribution in [0.25, 0.3) is 22.2 Å². The second-order valence-electron chi connectivity index (χ2n) is 6.24. The molecule has 4 N–H and O–H groups in total. The molecule has 1 aromatic heterocycles. The SMILES string of the molecule is NC(=O)c1ccc2[nH]nc(-c3cccc(N(C=O)c4cccc(O)c4)c3)c2c1. The fourth-order valence-electron chi connectivity index (χ4n) is 3.10. The minimum absolute atomic E-state index is 0.0674. The summed E-state index contributed by atoms with van der Waals surface area (Å²) >= 11 is 0. The van der Waals surface area contributed by atoms with Crippen molar-refractivity contribution in [2.75, 3.05) is 4.90 Å². The number of carbonyl (C=O) groups excluding carboxylic acids is 2. The zero-order valence-corrected chi connectivity index (χ0v) is 14.7. The van der Waals surface area contributed by atoms with E-state index in [4.69, 9.17) is 5.73 Å². The first kappa shape index (κ1) is 17.3. The topological polar surface area (TPSA) is 112 Å². The van der Waals surface area contributed by atoms with Gasteiger partial charge in [0.25, 0.3) is 0 Å². The Hall–Kier alpha value is -4.13. The van der Waals surface area contributed by atoms with E-state index in [2.05, 4.69) is 10.2 Å². The van der Waals surface area contributed by atoms with E-state index in [0.29, 0.717) is 29.0 Å². The Kier molecular flexibility index (Phi) is 4.25. The summed E-state index contributed by atoms with van der Waals surface area (Å²) in [6.07, 6.45) is 0.682. The average Bonchev–Trinajstić information content (AvgIpc) is 3.12. The van der Waals surface area contributed by atoms with Crippen molar-refractivity contribution in [3.63, 3.8) is 0 Å². The number of amides is 2. The van der Waals surface area contributed by atoms with Gasteiger partial charge in [0, 0.05) is 28.3 Å². The lowest BCUT2D eigenvalue weighted by atomic mass is 10.0. The molecule has 0 aliphatic rings. The maximum atomic E-state index is 11.7. The quantitative estimate of drug-likeness (QED) is 0.466. The number of aromatic nitrogens is 2. The van der Waals surface area contributed by atoms with Crippen LogP contribution >= 0.6 is 0 Å². The van der Waals surface area contributed by atoms with Crippen molar-refractivity contribution < 1.29 is 14.7 Å². The lowest BCUT2D eigenvalue weighted by Crippen LogP contribution is -2.13. The number of hydrogen-bond acceptors (Lipinski definition) is 4. The highest BCUT2D eigenvalue weighted by atomic mass is 16.3. The van der Waals surface area contributed by atoms with Gasteiger partial charge in [-0.25, -0.2) is 0 Å². The fourth-order valence-corrected chi connectivity index (χ4v) is 3.10. The van der Waals surface area contributed by atoms with Gasteiger partial charge >= 0.3 is 0 Å². The summed E-state index contributed by atoms with van der Waals surface area (Å²) in [7, 11) is 0. The van der Waals surface area contributed by atoms with Crippen LogP contribution in [0.4, 0.5) is 11.4 Å². The molecule has 28 heavy (non-hydrogen) atoms. The summed E-state index contributed by atoms with van der Waals surface area (Å²) in [6.45, 7) is 0. The van der Waals surface area contributed by atoms with Crippen molar-refractivity contribution in [3.05, 3.63) is 72.3 Å². The first-order valence-corrected chi connectivity index (χ1v) is 8.49. The molecule has 7 heteroatoms. The Morgan fingerprint density at radius 2 is 1.79 bits per heavy atom. The lowest BCUT2D eigenvalue weighted by molar-refractivity contribution is -0.106. The van der Waals surface area contributed by atoms with Crippen molar-refractivity contribution in [1.29, 1.82) is 0 Å². The van der Waals surface area contributed by atoms with Crippen LogP contribution in [0, 0.1) is 0 Å². The second kappa shape index (κ2) is 6.88. The van der Waals surface area contributed by atoms with E-state index >= 15 is 0 Å². The number of phenols is 1. The number of fused-ring (bicyclic) bond motifs is 1. The molecular formula is C21H16N4O3. The normalized spacial score (nSPS) is 10.7. The largest absolute Gasteiger partial charge is 0.508 e. The van der Waals surface area contributed by atoms with Gasteiger partial charge in [0.15, 0.2) is 0 Å². The van der Waals surface area contributed by atoms with Crippen LogP contribution in [0.5, 0.6) is 5.75 Å². The Balaban J connectivity index is 1.81. The number of anilines is 2. The van der Waals surface area contributed by atoms with E-state index in [1.54, 1.807) is 36.4 Å². The third kappa shape index (κ3) is 3.05. The molecule has 0 aliphatic carbocycles.